The van der Waals surface area contributed by atoms with Crippen molar-refractivity contribution in [2.45, 2.75) is 29.3 Å². The number of imidazole rings is 1. The van der Waals surface area contributed by atoms with Gasteiger partial charge in [-0.1, -0.05) is 60.7 Å². The number of carbonyl (C=O) groups excluding carboxylic acids is 1. The molecule has 0 aliphatic carbocycles. The van der Waals surface area contributed by atoms with Gasteiger partial charge >= 0.3 is 6.03 Å². The SMILES string of the molecule is Cn1ccnc1S(=O)(=O)C1CCN(C(=O)NC(c2ccccc2)c2ccccc2)CC1. The molecule has 1 aliphatic heterocycles. The zero-order valence-electron chi connectivity index (χ0n) is 17.4. The van der Waals surface area contributed by atoms with Gasteiger partial charge in [-0.15, -0.1) is 0 Å². The Morgan fingerprint density at radius 1 is 1.00 bits per heavy atom. The summed E-state index contributed by atoms with van der Waals surface area (Å²) in [5.41, 5.74) is 1.99. The van der Waals surface area contributed by atoms with Crippen molar-refractivity contribution in [3.8, 4) is 0 Å². The van der Waals surface area contributed by atoms with Gasteiger partial charge < -0.3 is 14.8 Å². The molecule has 4 rings (SSSR count). The van der Waals surface area contributed by atoms with Crippen molar-refractivity contribution in [3.63, 3.8) is 0 Å². The van der Waals surface area contributed by atoms with Crippen LogP contribution in [-0.2, 0) is 16.9 Å². The summed E-state index contributed by atoms with van der Waals surface area (Å²) in [6.07, 6.45) is 3.90. The van der Waals surface area contributed by atoms with Gasteiger partial charge in [0, 0.05) is 32.5 Å². The maximum absolute atomic E-state index is 13.0. The largest absolute Gasteiger partial charge is 0.327 e. The van der Waals surface area contributed by atoms with Crippen molar-refractivity contribution in [2.75, 3.05) is 13.1 Å². The molecule has 1 fully saturated rings. The van der Waals surface area contributed by atoms with Crippen LogP contribution in [0.25, 0.3) is 0 Å². The smallest absolute Gasteiger partial charge is 0.318 e. The number of nitrogens with one attached hydrogen (secondary N) is 1. The third-order valence-corrected chi connectivity index (χ3v) is 7.98. The van der Waals surface area contributed by atoms with Crippen LogP contribution in [0.1, 0.15) is 30.0 Å². The Bertz CT molecular complexity index is 1080. The van der Waals surface area contributed by atoms with E-state index in [9.17, 15) is 13.2 Å². The number of piperidine rings is 1. The minimum Gasteiger partial charge on any atom is -0.327 e. The average molecular weight is 439 g/mol. The van der Waals surface area contributed by atoms with Crippen molar-refractivity contribution in [1.82, 2.24) is 19.8 Å². The molecule has 162 valence electrons. The van der Waals surface area contributed by atoms with Crippen LogP contribution in [0.4, 0.5) is 4.79 Å². The number of hydrogen-bond donors (Lipinski definition) is 1. The standard InChI is InChI=1S/C23H26N4O3S/c1-26-17-14-24-23(26)31(29,30)20-12-15-27(16-13-20)22(28)25-21(18-8-4-2-5-9-18)19-10-6-3-7-11-19/h2-11,14,17,20-21H,12-13,15-16H2,1H3,(H,25,28). The Hall–Kier alpha value is -3.13. The number of nitrogens with zero attached hydrogens (tertiary/aromatic N) is 3. The van der Waals surface area contributed by atoms with Crippen LogP contribution >= 0.6 is 0 Å². The summed E-state index contributed by atoms with van der Waals surface area (Å²) in [6, 6.07) is 19.2. The number of carbonyl (C=O) groups is 1. The van der Waals surface area contributed by atoms with Crippen molar-refractivity contribution < 1.29 is 13.2 Å². The number of likely N-dealkylation sites (tertiary alicyclic amines) is 1. The van der Waals surface area contributed by atoms with Crippen molar-refractivity contribution in [2.24, 2.45) is 7.05 Å². The quantitative estimate of drug-likeness (QED) is 0.663. The van der Waals surface area contributed by atoms with E-state index in [1.165, 1.54) is 10.8 Å². The molecule has 7 nitrogen and oxygen atoms in total. The van der Waals surface area contributed by atoms with Crippen LogP contribution in [0.15, 0.2) is 78.2 Å². The Morgan fingerprint density at radius 2 is 1.55 bits per heavy atom. The number of aryl methyl sites for hydroxylation is 1. The van der Waals surface area contributed by atoms with Crippen LogP contribution in [0.3, 0.4) is 0 Å². The van der Waals surface area contributed by atoms with E-state index in [-0.39, 0.29) is 17.2 Å². The van der Waals surface area contributed by atoms with Gasteiger partial charge in [-0.2, -0.15) is 0 Å². The van der Waals surface area contributed by atoms with Gasteiger partial charge in [-0.05, 0) is 24.0 Å². The predicted molar refractivity (Wildman–Crippen MR) is 118 cm³/mol. The molecule has 0 bridgehead atoms. The normalized spacial score (nSPS) is 15.2. The third-order valence-electron chi connectivity index (χ3n) is 5.73. The number of aromatic nitrogens is 2. The molecule has 1 saturated heterocycles. The fourth-order valence-electron chi connectivity index (χ4n) is 4.01. The first kappa shape index (κ1) is 21.1. The van der Waals surface area contributed by atoms with Crippen molar-refractivity contribution >= 4 is 15.9 Å². The summed E-state index contributed by atoms with van der Waals surface area (Å²) in [5, 5.41) is 2.69. The second-order valence-corrected chi connectivity index (χ2v) is 9.88. The molecular weight excluding hydrogens is 412 g/mol. The highest BCUT2D eigenvalue weighted by Crippen LogP contribution is 2.25. The summed E-state index contributed by atoms with van der Waals surface area (Å²) in [7, 11) is -1.84. The summed E-state index contributed by atoms with van der Waals surface area (Å²) in [6.45, 7) is 0.771. The number of hydrogen-bond acceptors (Lipinski definition) is 4. The van der Waals surface area contributed by atoms with Crippen molar-refractivity contribution in [3.05, 3.63) is 84.2 Å². The highest BCUT2D eigenvalue weighted by molar-refractivity contribution is 7.91. The maximum Gasteiger partial charge on any atom is 0.318 e. The van der Waals surface area contributed by atoms with E-state index >= 15 is 0 Å². The van der Waals surface area contributed by atoms with E-state index in [2.05, 4.69) is 10.3 Å². The first-order valence-corrected chi connectivity index (χ1v) is 11.9. The number of urea groups is 1. The van der Waals surface area contributed by atoms with E-state index in [0.29, 0.717) is 25.9 Å². The van der Waals surface area contributed by atoms with E-state index in [4.69, 9.17) is 0 Å². The summed E-state index contributed by atoms with van der Waals surface area (Å²) < 4.78 is 27.3. The van der Waals surface area contributed by atoms with Crippen LogP contribution in [0, 0.1) is 0 Å². The molecule has 0 unspecified atom stereocenters. The lowest BCUT2D eigenvalue weighted by Crippen LogP contribution is -2.48. The molecule has 31 heavy (non-hydrogen) atoms. The molecule has 1 aliphatic rings. The van der Waals surface area contributed by atoms with Gasteiger partial charge in [-0.25, -0.2) is 18.2 Å². The third kappa shape index (κ3) is 4.49. The summed E-state index contributed by atoms with van der Waals surface area (Å²) in [4.78, 5) is 18.7. The highest BCUT2D eigenvalue weighted by Gasteiger charge is 2.35. The first-order valence-electron chi connectivity index (χ1n) is 10.3. The molecule has 2 aromatic carbocycles. The topological polar surface area (TPSA) is 84.3 Å². The summed E-state index contributed by atoms with van der Waals surface area (Å²) in [5.74, 6) is 0. The molecule has 1 N–H and O–H groups in total. The Kier molecular flexibility index (Phi) is 6.08. The average Bonchev–Trinajstić information content (AvgIpc) is 3.25. The molecule has 0 atom stereocenters. The Balaban J connectivity index is 1.45. The maximum atomic E-state index is 13.0. The summed E-state index contributed by atoms with van der Waals surface area (Å²) >= 11 is 0. The van der Waals surface area contributed by atoms with E-state index in [1.807, 2.05) is 60.7 Å². The number of amides is 2. The molecule has 8 heteroatoms. The monoisotopic (exact) mass is 438 g/mol. The zero-order valence-corrected chi connectivity index (χ0v) is 18.2. The van der Waals surface area contributed by atoms with Gasteiger partial charge in [0.25, 0.3) is 0 Å². The van der Waals surface area contributed by atoms with Crippen LogP contribution in [-0.4, -0.2) is 47.2 Å². The van der Waals surface area contributed by atoms with Gasteiger partial charge in [0.2, 0.25) is 15.0 Å². The van der Waals surface area contributed by atoms with Gasteiger partial charge in [0.1, 0.15) is 0 Å². The lowest BCUT2D eigenvalue weighted by molar-refractivity contribution is 0.184. The van der Waals surface area contributed by atoms with Gasteiger partial charge in [-0.3, -0.25) is 0 Å². The van der Waals surface area contributed by atoms with Crippen molar-refractivity contribution in [1.29, 1.82) is 0 Å². The predicted octanol–water partition coefficient (Wildman–Crippen LogP) is 3.16. The van der Waals surface area contributed by atoms with E-state index in [1.54, 1.807) is 18.1 Å². The van der Waals surface area contributed by atoms with E-state index < -0.39 is 15.1 Å². The Morgan fingerprint density at radius 3 is 2.03 bits per heavy atom. The number of benzene rings is 2. The fraction of sp³-hybridized carbons (Fsp3) is 0.304. The van der Waals surface area contributed by atoms with Crippen LogP contribution in [0.2, 0.25) is 0 Å². The lowest BCUT2D eigenvalue weighted by atomic mass is 9.99. The fourth-order valence-corrected chi connectivity index (χ4v) is 5.81. The van der Waals surface area contributed by atoms with Gasteiger partial charge in [0.15, 0.2) is 0 Å². The molecule has 0 spiro atoms. The van der Waals surface area contributed by atoms with Gasteiger partial charge in [0.05, 0.1) is 11.3 Å². The number of rotatable bonds is 5. The van der Waals surface area contributed by atoms with E-state index in [0.717, 1.165) is 11.1 Å². The molecular formula is C23H26N4O3S. The second-order valence-electron chi connectivity index (χ2n) is 7.76. The molecule has 2 heterocycles. The zero-order chi connectivity index (χ0) is 21.8. The minimum atomic E-state index is -3.51. The highest BCUT2D eigenvalue weighted by atomic mass is 32.2. The first-order chi connectivity index (χ1) is 15.0. The molecule has 3 aromatic rings. The lowest BCUT2D eigenvalue weighted by Gasteiger charge is -2.33. The van der Waals surface area contributed by atoms with Crippen LogP contribution in [0.5, 0.6) is 0 Å². The molecule has 1 aromatic heterocycles. The molecule has 0 radical (unpaired) electrons. The number of sulfone groups is 1. The van der Waals surface area contributed by atoms with Crippen LogP contribution < -0.4 is 5.32 Å². The second kappa shape index (κ2) is 8.93. The molecule has 2 amide bonds. The molecule has 0 saturated carbocycles. The minimum absolute atomic E-state index is 0.0867. The Labute approximate surface area is 182 Å².